The molecule has 1 aromatic carbocycles. The molecule has 0 radical (unpaired) electrons. The largest absolute Gasteiger partial charge is 0.389 e. The minimum Gasteiger partial charge on any atom is -0.389 e. The normalized spacial score (nSPS) is 12.7. The predicted octanol–water partition coefficient (Wildman–Crippen LogP) is 2.52. The maximum Gasteiger partial charge on any atom is 0.107 e. The molecule has 0 aliphatic rings. The molecule has 0 bridgehead atoms. The van der Waals surface area contributed by atoms with Crippen molar-refractivity contribution in [2.45, 2.75) is 46.4 Å². The minimum atomic E-state index is -0.522. The Balaban J connectivity index is 2.65. The number of aliphatic hydroxyl groups is 1. The first-order chi connectivity index (χ1) is 9.93. The summed E-state index contributed by atoms with van der Waals surface area (Å²) in [6, 6.07) is 6.84. The van der Waals surface area contributed by atoms with Gasteiger partial charge in [0.2, 0.25) is 0 Å². The van der Waals surface area contributed by atoms with Crippen LogP contribution in [0.1, 0.15) is 30.5 Å². The summed E-state index contributed by atoms with van der Waals surface area (Å²) in [6.07, 6.45) is 4.61. The van der Waals surface area contributed by atoms with E-state index in [9.17, 15) is 5.11 Å². The molecule has 1 N–H and O–H groups in total. The molecule has 3 nitrogen and oxygen atoms in total. The second-order valence-electron chi connectivity index (χ2n) is 5.83. The standard InChI is InChI=1S/C18H27NO2/c1-6-9-21-13-18(20)12-19(14(2)3)11-17-10-15(4)7-8-16(17)5/h1,7-8,10,14,18,20H,9,11-13H2,2-5H3. The van der Waals surface area contributed by atoms with Gasteiger partial charge in [-0.3, -0.25) is 4.90 Å². The van der Waals surface area contributed by atoms with Crippen LogP contribution in [0.2, 0.25) is 0 Å². The van der Waals surface area contributed by atoms with Gasteiger partial charge in [-0.25, -0.2) is 0 Å². The second-order valence-corrected chi connectivity index (χ2v) is 5.83. The van der Waals surface area contributed by atoms with E-state index in [2.05, 4.69) is 56.7 Å². The van der Waals surface area contributed by atoms with Crippen LogP contribution < -0.4 is 0 Å². The van der Waals surface area contributed by atoms with Gasteiger partial charge in [0.1, 0.15) is 6.61 Å². The van der Waals surface area contributed by atoms with Gasteiger partial charge >= 0.3 is 0 Å². The first kappa shape index (κ1) is 17.7. The van der Waals surface area contributed by atoms with Gasteiger partial charge < -0.3 is 9.84 Å². The zero-order valence-electron chi connectivity index (χ0n) is 13.6. The Morgan fingerprint density at radius 2 is 2.05 bits per heavy atom. The molecule has 1 rings (SSSR count). The molecule has 0 saturated heterocycles. The fourth-order valence-corrected chi connectivity index (χ4v) is 2.22. The van der Waals surface area contributed by atoms with E-state index in [1.165, 1.54) is 16.7 Å². The van der Waals surface area contributed by atoms with Gasteiger partial charge in [-0.15, -0.1) is 6.42 Å². The predicted molar refractivity (Wildman–Crippen MR) is 87.1 cm³/mol. The third kappa shape index (κ3) is 6.31. The topological polar surface area (TPSA) is 32.7 Å². The summed E-state index contributed by atoms with van der Waals surface area (Å²) in [7, 11) is 0. The van der Waals surface area contributed by atoms with Gasteiger partial charge in [0.25, 0.3) is 0 Å². The van der Waals surface area contributed by atoms with Crippen LogP contribution in [0.25, 0.3) is 0 Å². The van der Waals surface area contributed by atoms with E-state index in [-0.39, 0.29) is 13.2 Å². The van der Waals surface area contributed by atoms with Gasteiger partial charge in [0, 0.05) is 19.1 Å². The first-order valence-electron chi connectivity index (χ1n) is 7.43. The molecule has 1 aromatic rings. The van der Waals surface area contributed by atoms with Crippen LogP contribution in [0.3, 0.4) is 0 Å². The van der Waals surface area contributed by atoms with E-state index in [0.717, 1.165) is 6.54 Å². The highest BCUT2D eigenvalue weighted by Crippen LogP contribution is 2.15. The number of aliphatic hydroxyl groups excluding tert-OH is 1. The molecule has 3 heteroatoms. The lowest BCUT2D eigenvalue weighted by atomic mass is 10.0. The number of hydrogen-bond donors (Lipinski definition) is 1. The van der Waals surface area contributed by atoms with Crippen molar-refractivity contribution < 1.29 is 9.84 Å². The van der Waals surface area contributed by atoms with Crippen LogP contribution in [-0.4, -0.2) is 41.9 Å². The van der Waals surface area contributed by atoms with Gasteiger partial charge in [-0.05, 0) is 38.8 Å². The van der Waals surface area contributed by atoms with Crippen molar-refractivity contribution in [1.82, 2.24) is 4.90 Å². The van der Waals surface area contributed by atoms with Gasteiger partial charge in [0.15, 0.2) is 0 Å². The summed E-state index contributed by atoms with van der Waals surface area (Å²) in [4.78, 5) is 2.26. The molecule has 0 aliphatic carbocycles. The molecule has 0 fully saturated rings. The Morgan fingerprint density at radius 3 is 2.67 bits per heavy atom. The van der Waals surface area contributed by atoms with Gasteiger partial charge in [0.05, 0.1) is 12.7 Å². The highest BCUT2D eigenvalue weighted by atomic mass is 16.5. The van der Waals surface area contributed by atoms with Gasteiger partial charge in [-0.2, -0.15) is 0 Å². The smallest absolute Gasteiger partial charge is 0.107 e. The molecular formula is C18H27NO2. The van der Waals surface area contributed by atoms with Crippen LogP contribution in [0.5, 0.6) is 0 Å². The number of hydrogen-bond acceptors (Lipinski definition) is 3. The van der Waals surface area contributed by atoms with E-state index in [4.69, 9.17) is 11.2 Å². The van der Waals surface area contributed by atoms with Crippen molar-refractivity contribution >= 4 is 0 Å². The lowest BCUT2D eigenvalue weighted by molar-refractivity contribution is 0.0191. The Bertz CT molecular complexity index is 477. The summed E-state index contributed by atoms with van der Waals surface area (Å²) < 4.78 is 5.21. The molecule has 0 saturated carbocycles. The molecule has 1 unspecified atom stereocenters. The zero-order valence-corrected chi connectivity index (χ0v) is 13.6. The molecule has 0 heterocycles. The van der Waals surface area contributed by atoms with E-state index in [0.29, 0.717) is 12.6 Å². The number of rotatable bonds is 8. The summed E-state index contributed by atoms with van der Waals surface area (Å²) in [5.74, 6) is 2.41. The summed E-state index contributed by atoms with van der Waals surface area (Å²) in [5, 5.41) is 10.1. The van der Waals surface area contributed by atoms with Crippen molar-refractivity contribution in [3.8, 4) is 12.3 Å². The summed E-state index contributed by atoms with van der Waals surface area (Å²) in [5.41, 5.74) is 3.85. The van der Waals surface area contributed by atoms with Crippen molar-refractivity contribution in [2.75, 3.05) is 19.8 Å². The monoisotopic (exact) mass is 289 g/mol. The summed E-state index contributed by atoms with van der Waals surface area (Å²) >= 11 is 0. The fraction of sp³-hybridized carbons (Fsp3) is 0.556. The number of ether oxygens (including phenoxy) is 1. The van der Waals surface area contributed by atoms with Crippen LogP contribution in [-0.2, 0) is 11.3 Å². The maximum absolute atomic E-state index is 10.1. The van der Waals surface area contributed by atoms with E-state index in [1.807, 2.05) is 0 Å². The van der Waals surface area contributed by atoms with Crippen molar-refractivity contribution in [3.05, 3.63) is 34.9 Å². The second kappa shape index (κ2) is 8.84. The average molecular weight is 289 g/mol. The molecule has 0 aromatic heterocycles. The van der Waals surface area contributed by atoms with E-state index < -0.39 is 6.10 Å². The molecule has 116 valence electrons. The molecule has 0 amide bonds. The Kier molecular flexibility index (Phi) is 7.45. The van der Waals surface area contributed by atoms with E-state index in [1.54, 1.807) is 0 Å². The maximum atomic E-state index is 10.1. The molecule has 1 atom stereocenters. The van der Waals surface area contributed by atoms with Crippen LogP contribution >= 0.6 is 0 Å². The highest BCUT2D eigenvalue weighted by molar-refractivity contribution is 5.30. The number of terminal acetylenes is 1. The third-order valence-electron chi connectivity index (χ3n) is 3.55. The quantitative estimate of drug-likeness (QED) is 0.589. The lowest BCUT2D eigenvalue weighted by Crippen LogP contribution is -2.39. The van der Waals surface area contributed by atoms with Crippen molar-refractivity contribution in [2.24, 2.45) is 0 Å². The van der Waals surface area contributed by atoms with Gasteiger partial charge in [-0.1, -0.05) is 29.7 Å². The van der Waals surface area contributed by atoms with E-state index >= 15 is 0 Å². The first-order valence-corrected chi connectivity index (χ1v) is 7.43. The van der Waals surface area contributed by atoms with Crippen molar-refractivity contribution in [3.63, 3.8) is 0 Å². The van der Waals surface area contributed by atoms with Crippen LogP contribution in [0, 0.1) is 26.2 Å². The SMILES string of the molecule is C#CCOCC(O)CN(Cc1cc(C)ccc1C)C(C)C. The Morgan fingerprint density at radius 1 is 1.33 bits per heavy atom. The number of nitrogens with zero attached hydrogens (tertiary/aromatic N) is 1. The molecule has 0 spiro atoms. The Labute approximate surface area is 128 Å². The summed E-state index contributed by atoms with van der Waals surface area (Å²) in [6.45, 7) is 10.4. The molecular weight excluding hydrogens is 262 g/mol. The number of aryl methyl sites for hydroxylation is 2. The Hall–Kier alpha value is -1.34. The van der Waals surface area contributed by atoms with Crippen LogP contribution in [0.15, 0.2) is 18.2 Å². The lowest BCUT2D eigenvalue weighted by Gasteiger charge is -2.29. The zero-order chi connectivity index (χ0) is 15.8. The van der Waals surface area contributed by atoms with Crippen LogP contribution in [0.4, 0.5) is 0 Å². The average Bonchev–Trinajstić information content (AvgIpc) is 2.42. The highest BCUT2D eigenvalue weighted by Gasteiger charge is 2.16. The van der Waals surface area contributed by atoms with Crippen molar-refractivity contribution in [1.29, 1.82) is 0 Å². The number of benzene rings is 1. The molecule has 21 heavy (non-hydrogen) atoms. The fourth-order valence-electron chi connectivity index (χ4n) is 2.22. The molecule has 0 aliphatic heterocycles. The minimum absolute atomic E-state index is 0.246. The third-order valence-corrected chi connectivity index (χ3v) is 3.55.